The normalized spacial score (nSPS) is 20.0. The van der Waals surface area contributed by atoms with Crippen LogP contribution in [0.3, 0.4) is 0 Å². The fraction of sp³-hybridized carbons (Fsp3) is 0.429. The zero-order chi connectivity index (χ0) is 25.0. The number of nitrogens with zero attached hydrogens (tertiary/aromatic N) is 2. The zero-order valence-electron chi connectivity index (χ0n) is 20.2. The molecule has 35 heavy (non-hydrogen) atoms. The van der Waals surface area contributed by atoms with Gasteiger partial charge in [-0.15, -0.1) is 0 Å². The van der Waals surface area contributed by atoms with Crippen LogP contribution in [0.15, 0.2) is 48.5 Å². The van der Waals surface area contributed by atoms with Gasteiger partial charge in [-0.1, -0.05) is 24.3 Å². The number of hydrogen-bond acceptors (Lipinski definition) is 4. The van der Waals surface area contributed by atoms with Crippen LogP contribution in [0.4, 0.5) is 8.78 Å². The van der Waals surface area contributed by atoms with Crippen molar-refractivity contribution in [1.29, 1.82) is 5.41 Å². The highest BCUT2D eigenvalue weighted by molar-refractivity contribution is 6.22. The molecule has 2 aliphatic rings. The number of aliphatic hydroxyl groups excluding tert-OH is 1. The Bertz CT molecular complexity index is 1300. The molecule has 0 atom stereocenters. The molecule has 4 N–H and O–H groups in total. The van der Waals surface area contributed by atoms with Gasteiger partial charge in [-0.05, 0) is 62.6 Å². The van der Waals surface area contributed by atoms with E-state index in [0.29, 0.717) is 30.5 Å². The number of alkyl halides is 2. The van der Waals surface area contributed by atoms with Gasteiger partial charge in [0.2, 0.25) is 5.92 Å². The van der Waals surface area contributed by atoms with Gasteiger partial charge in [0.1, 0.15) is 0 Å². The summed E-state index contributed by atoms with van der Waals surface area (Å²) >= 11 is 0. The van der Waals surface area contributed by atoms with Crippen molar-refractivity contribution in [3.63, 3.8) is 0 Å². The third-order valence-electron chi connectivity index (χ3n) is 7.59. The molecule has 3 aromatic rings. The maximum Gasteiger partial charge on any atom is 0.248 e. The van der Waals surface area contributed by atoms with Gasteiger partial charge >= 0.3 is 0 Å². The topological polar surface area (TPSA) is 87.9 Å². The first-order chi connectivity index (χ1) is 16.6. The maximum absolute atomic E-state index is 13.7. The third kappa shape index (κ3) is 4.61. The summed E-state index contributed by atoms with van der Waals surface area (Å²) in [6, 6.07) is 10.3. The van der Waals surface area contributed by atoms with Crippen LogP contribution in [0.5, 0.6) is 0 Å². The van der Waals surface area contributed by atoms with E-state index in [4.69, 9.17) is 16.1 Å². The summed E-state index contributed by atoms with van der Waals surface area (Å²) in [4.78, 5) is 4.76. The molecule has 2 aliphatic carbocycles. The molecule has 5 nitrogen and oxygen atoms in total. The molecule has 0 amide bonds. The van der Waals surface area contributed by atoms with Gasteiger partial charge in [0, 0.05) is 59.7 Å². The fourth-order valence-corrected chi connectivity index (χ4v) is 5.33. The Balaban J connectivity index is 1.57. The molecule has 1 aromatic carbocycles. The molecule has 0 unspecified atom stereocenters. The number of nitrogens with two attached hydrogens (primary N) is 1. The lowest BCUT2D eigenvalue weighted by molar-refractivity contribution is -0.0472. The molecular weight excluding hydrogens is 446 g/mol. The van der Waals surface area contributed by atoms with E-state index in [2.05, 4.69) is 35.0 Å². The van der Waals surface area contributed by atoms with Crippen LogP contribution in [0, 0.1) is 11.3 Å². The second-order valence-corrected chi connectivity index (χ2v) is 10.4. The summed E-state index contributed by atoms with van der Waals surface area (Å²) in [7, 11) is 0. The molecule has 2 fully saturated rings. The predicted octanol–water partition coefficient (Wildman–Crippen LogP) is 6.81. The quantitative estimate of drug-likeness (QED) is 0.269. The van der Waals surface area contributed by atoms with Gasteiger partial charge in [-0.3, -0.25) is 4.98 Å². The minimum absolute atomic E-state index is 0.0675. The fourth-order valence-electron chi connectivity index (χ4n) is 5.33. The molecule has 7 heteroatoms. The Morgan fingerprint density at radius 2 is 1.80 bits per heavy atom. The number of hydrogen-bond donors (Lipinski definition) is 3. The molecule has 2 aromatic heterocycles. The van der Waals surface area contributed by atoms with E-state index in [1.165, 1.54) is 0 Å². The largest absolute Gasteiger partial charge is 0.512 e. The van der Waals surface area contributed by atoms with Crippen molar-refractivity contribution in [1.82, 2.24) is 9.55 Å². The number of rotatable bonds is 6. The summed E-state index contributed by atoms with van der Waals surface area (Å²) in [5, 5.41) is 18.3. The molecule has 2 saturated carbocycles. The molecule has 0 spiro atoms. The van der Waals surface area contributed by atoms with Crippen molar-refractivity contribution < 1.29 is 13.9 Å². The molecular formula is C28H32F2N4O. The number of benzene rings is 1. The molecule has 0 radical (unpaired) electrons. The van der Waals surface area contributed by atoms with Gasteiger partial charge in [-0.2, -0.15) is 0 Å². The summed E-state index contributed by atoms with van der Waals surface area (Å²) in [6.45, 7) is 3.83. The second kappa shape index (κ2) is 8.55. The first-order valence-electron chi connectivity index (χ1n) is 12.3. The van der Waals surface area contributed by atoms with Gasteiger partial charge in [0.05, 0.1) is 16.8 Å². The lowest BCUT2D eigenvalue weighted by atomic mass is 9.87. The van der Waals surface area contributed by atoms with E-state index in [-0.39, 0.29) is 35.8 Å². The Hall–Kier alpha value is -3.06. The number of aromatic nitrogens is 2. The Morgan fingerprint density at radius 1 is 1.14 bits per heavy atom. The molecule has 2 heterocycles. The smallest absolute Gasteiger partial charge is 0.248 e. The van der Waals surface area contributed by atoms with Crippen molar-refractivity contribution >= 4 is 22.3 Å². The Kier molecular flexibility index (Phi) is 5.79. The van der Waals surface area contributed by atoms with Crippen molar-refractivity contribution in [3.05, 3.63) is 59.6 Å². The monoisotopic (exact) mass is 478 g/mol. The van der Waals surface area contributed by atoms with Crippen LogP contribution < -0.4 is 5.73 Å². The van der Waals surface area contributed by atoms with Gasteiger partial charge in [0.15, 0.2) is 0 Å². The van der Waals surface area contributed by atoms with E-state index in [0.717, 1.165) is 40.6 Å². The van der Waals surface area contributed by atoms with E-state index < -0.39 is 5.92 Å². The molecule has 0 bridgehead atoms. The highest BCUT2D eigenvalue weighted by Crippen LogP contribution is 2.43. The summed E-state index contributed by atoms with van der Waals surface area (Å²) in [5.74, 6) is -2.33. The van der Waals surface area contributed by atoms with Gasteiger partial charge in [0.25, 0.3) is 0 Å². The minimum atomic E-state index is -2.56. The Labute approximate surface area is 204 Å². The first kappa shape index (κ1) is 23.7. The minimum Gasteiger partial charge on any atom is -0.512 e. The van der Waals surface area contributed by atoms with Gasteiger partial charge < -0.3 is 20.8 Å². The summed E-state index contributed by atoms with van der Waals surface area (Å²) < 4.78 is 29.6. The SMILES string of the molecule is CC(=N)/C(=C(/C)O)c1cnc2c(-c3ccc(C4(N)CC4)cc3)cn(CC3CCC(F)(F)CC3)c2c1. The Morgan fingerprint density at radius 3 is 2.37 bits per heavy atom. The molecule has 184 valence electrons. The highest BCUT2D eigenvalue weighted by Gasteiger charge is 2.39. The van der Waals surface area contributed by atoms with Crippen LogP contribution in [-0.2, 0) is 12.1 Å². The van der Waals surface area contributed by atoms with Crippen molar-refractivity contribution in [3.8, 4) is 11.1 Å². The number of fused-ring (bicyclic) bond motifs is 1. The van der Waals surface area contributed by atoms with E-state index >= 15 is 0 Å². The van der Waals surface area contributed by atoms with Crippen LogP contribution in [0.2, 0.25) is 0 Å². The number of halogens is 2. The standard InChI is InChI=1S/C28H32F2N4O/c1-17(31)25(18(2)35)21-13-24-26(33-14-21)23(20-3-5-22(6-4-20)27(32)11-12-27)16-34(24)15-19-7-9-28(29,30)10-8-19/h3-6,13-14,16,19,31,35H,7-12,15,32H2,1-2H3/b25-18+,31-17?. The third-order valence-corrected chi connectivity index (χ3v) is 7.59. The highest BCUT2D eigenvalue weighted by atomic mass is 19.3. The maximum atomic E-state index is 13.7. The van der Waals surface area contributed by atoms with Crippen molar-refractivity contribution in [2.75, 3.05) is 0 Å². The lowest BCUT2D eigenvalue weighted by Crippen LogP contribution is -2.26. The first-order valence-corrected chi connectivity index (χ1v) is 12.3. The van der Waals surface area contributed by atoms with Crippen LogP contribution >= 0.6 is 0 Å². The molecule has 0 aliphatic heterocycles. The average Bonchev–Trinajstić information content (AvgIpc) is 3.46. The van der Waals surface area contributed by atoms with Crippen molar-refractivity contribution in [2.45, 2.75) is 70.4 Å². The van der Waals surface area contributed by atoms with Gasteiger partial charge in [-0.25, -0.2) is 8.78 Å². The molecule has 5 rings (SSSR count). The number of aliphatic hydroxyl groups is 1. The van der Waals surface area contributed by atoms with E-state index in [9.17, 15) is 13.9 Å². The summed E-state index contributed by atoms with van der Waals surface area (Å²) in [6.07, 6.45) is 6.60. The number of pyridine rings is 1. The predicted molar refractivity (Wildman–Crippen MR) is 136 cm³/mol. The van der Waals surface area contributed by atoms with Crippen LogP contribution in [-0.4, -0.2) is 26.3 Å². The van der Waals surface area contributed by atoms with E-state index in [1.54, 1.807) is 20.0 Å². The number of nitrogens with one attached hydrogen (secondary N) is 1. The van der Waals surface area contributed by atoms with Crippen LogP contribution in [0.25, 0.3) is 27.7 Å². The molecule has 0 saturated heterocycles. The van der Waals surface area contributed by atoms with Crippen LogP contribution in [0.1, 0.15) is 63.5 Å². The van der Waals surface area contributed by atoms with Crippen molar-refractivity contribution in [2.24, 2.45) is 11.7 Å². The number of allylic oxidation sites excluding steroid dienone is 2. The second-order valence-electron chi connectivity index (χ2n) is 10.4. The van der Waals surface area contributed by atoms with E-state index in [1.807, 2.05) is 6.07 Å². The lowest BCUT2D eigenvalue weighted by Gasteiger charge is -2.28. The average molecular weight is 479 g/mol. The summed E-state index contributed by atoms with van der Waals surface area (Å²) in [5.41, 5.74) is 12.4. The zero-order valence-corrected chi connectivity index (χ0v) is 20.2.